The van der Waals surface area contributed by atoms with Crippen LogP contribution in [0.2, 0.25) is 5.02 Å². The summed E-state index contributed by atoms with van der Waals surface area (Å²) in [6, 6.07) is 7.41. The predicted molar refractivity (Wildman–Crippen MR) is 69.7 cm³/mol. The number of hydrogen-bond acceptors (Lipinski definition) is 3. The third-order valence-corrected chi connectivity index (χ3v) is 3.76. The molecule has 0 amide bonds. The van der Waals surface area contributed by atoms with E-state index in [9.17, 15) is 4.79 Å². The van der Waals surface area contributed by atoms with Crippen LogP contribution < -0.4 is 5.56 Å². The second-order valence-corrected chi connectivity index (χ2v) is 4.79. The van der Waals surface area contributed by atoms with Gasteiger partial charge >= 0.3 is 0 Å². The number of benzene rings is 1. The van der Waals surface area contributed by atoms with E-state index in [0.717, 1.165) is 4.90 Å². The number of aryl methyl sites for hydroxylation is 1. The summed E-state index contributed by atoms with van der Waals surface area (Å²) in [6.07, 6.45) is 3.31. The highest BCUT2D eigenvalue weighted by Crippen LogP contribution is 2.29. The molecule has 0 saturated heterocycles. The van der Waals surface area contributed by atoms with Crippen LogP contribution in [0.3, 0.4) is 0 Å². The van der Waals surface area contributed by atoms with E-state index in [0.29, 0.717) is 16.6 Å². The number of hydrogen-bond donors (Lipinski definition) is 0. The monoisotopic (exact) mass is 266 g/mol. The van der Waals surface area contributed by atoms with Crippen molar-refractivity contribution in [2.45, 2.75) is 23.4 Å². The molecule has 0 aliphatic heterocycles. The first-order valence-electron chi connectivity index (χ1n) is 5.20. The fraction of sp³-hybridized carbons (Fsp3) is 0.167. The van der Waals surface area contributed by atoms with Crippen LogP contribution >= 0.6 is 23.4 Å². The Morgan fingerprint density at radius 1 is 1.41 bits per heavy atom. The molecule has 0 atom stereocenters. The number of halogens is 1. The van der Waals surface area contributed by atoms with Gasteiger partial charge in [0, 0.05) is 23.8 Å². The van der Waals surface area contributed by atoms with Gasteiger partial charge in [-0.05, 0) is 19.1 Å². The molecule has 0 N–H and O–H groups in total. The fourth-order valence-corrected chi connectivity index (χ4v) is 2.47. The van der Waals surface area contributed by atoms with Crippen molar-refractivity contribution in [3.05, 3.63) is 52.0 Å². The third kappa shape index (κ3) is 2.70. The number of nitrogens with zero attached hydrogens (tertiary/aromatic N) is 2. The molecule has 0 spiro atoms. The van der Waals surface area contributed by atoms with Gasteiger partial charge in [-0.1, -0.05) is 35.5 Å². The molecule has 17 heavy (non-hydrogen) atoms. The molecular weight excluding hydrogens is 256 g/mol. The summed E-state index contributed by atoms with van der Waals surface area (Å²) >= 11 is 7.34. The molecule has 0 aliphatic rings. The summed E-state index contributed by atoms with van der Waals surface area (Å²) in [5.41, 5.74) is -0.0834. The van der Waals surface area contributed by atoms with Gasteiger partial charge < -0.3 is 4.57 Å². The van der Waals surface area contributed by atoms with Gasteiger partial charge in [0.2, 0.25) is 0 Å². The van der Waals surface area contributed by atoms with Crippen molar-refractivity contribution in [3.63, 3.8) is 0 Å². The van der Waals surface area contributed by atoms with E-state index in [4.69, 9.17) is 11.6 Å². The molecule has 2 rings (SSSR count). The Morgan fingerprint density at radius 2 is 2.18 bits per heavy atom. The van der Waals surface area contributed by atoms with Crippen LogP contribution in [0.4, 0.5) is 0 Å². The highest BCUT2D eigenvalue weighted by molar-refractivity contribution is 7.99. The Balaban J connectivity index is 2.37. The first-order chi connectivity index (χ1) is 8.22. The van der Waals surface area contributed by atoms with E-state index in [-0.39, 0.29) is 5.56 Å². The summed E-state index contributed by atoms with van der Waals surface area (Å²) in [5.74, 6) is 0. The van der Waals surface area contributed by atoms with Gasteiger partial charge in [0.05, 0.1) is 5.02 Å². The smallest absolute Gasteiger partial charge is 0.283 e. The minimum absolute atomic E-state index is 0.0834. The van der Waals surface area contributed by atoms with Crippen molar-refractivity contribution < 1.29 is 0 Å². The summed E-state index contributed by atoms with van der Waals surface area (Å²) in [6.45, 7) is 2.56. The molecule has 2 aromatic rings. The quantitative estimate of drug-likeness (QED) is 0.856. The summed E-state index contributed by atoms with van der Waals surface area (Å²) in [4.78, 5) is 16.9. The summed E-state index contributed by atoms with van der Waals surface area (Å²) in [5, 5.41) is 1.08. The predicted octanol–water partition coefficient (Wildman–Crippen LogP) is 3.07. The van der Waals surface area contributed by atoms with E-state index in [2.05, 4.69) is 4.98 Å². The molecule has 1 aromatic carbocycles. The Bertz CT molecular complexity index is 583. The fourth-order valence-electron chi connectivity index (χ4n) is 1.38. The lowest BCUT2D eigenvalue weighted by molar-refractivity contribution is 0.692. The first kappa shape index (κ1) is 12.2. The van der Waals surface area contributed by atoms with Gasteiger partial charge in [-0.3, -0.25) is 4.79 Å². The molecule has 0 radical (unpaired) electrons. The van der Waals surface area contributed by atoms with Crippen molar-refractivity contribution in [1.82, 2.24) is 9.55 Å². The topological polar surface area (TPSA) is 34.9 Å². The molecule has 0 saturated carbocycles. The van der Waals surface area contributed by atoms with Crippen LogP contribution in [0.5, 0.6) is 0 Å². The second-order valence-electron chi connectivity index (χ2n) is 3.36. The number of aromatic nitrogens is 2. The molecule has 1 heterocycles. The van der Waals surface area contributed by atoms with Gasteiger partial charge in [-0.15, -0.1) is 0 Å². The maximum Gasteiger partial charge on any atom is 0.283 e. The van der Waals surface area contributed by atoms with E-state index in [1.165, 1.54) is 11.8 Å². The molecule has 0 bridgehead atoms. The normalized spacial score (nSPS) is 10.5. The lowest BCUT2D eigenvalue weighted by Crippen LogP contribution is -2.20. The van der Waals surface area contributed by atoms with E-state index in [1.54, 1.807) is 23.0 Å². The molecular formula is C12H11ClN2OS. The Morgan fingerprint density at radius 3 is 2.88 bits per heavy atom. The lowest BCUT2D eigenvalue weighted by atomic mass is 10.4. The molecule has 0 fully saturated rings. The highest BCUT2D eigenvalue weighted by atomic mass is 35.5. The minimum Gasteiger partial charge on any atom is -0.312 e. The van der Waals surface area contributed by atoms with Crippen molar-refractivity contribution in [1.29, 1.82) is 0 Å². The van der Waals surface area contributed by atoms with E-state index >= 15 is 0 Å². The van der Waals surface area contributed by atoms with Gasteiger partial charge in [0.25, 0.3) is 5.56 Å². The van der Waals surface area contributed by atoms with Crippen LogP contribution in [-0.4, -0.2) is 9.55 Å². The van der Waals surface area contributed by atoms with Crippen LogP contribution in [0.1, 0.15) is 6.92 Å². The molecule has 3 nitrogen and oxygen atoms in total. The largest absolute Gasteiger partial charge is 0.312 e. The standard InChI is InChI=1S/C12H11ClN2OS/c1-2-15-8-7-14-11(12(15)16)17-10-6-4-3-5-9(10)13/h3-8H,2H2,1H3. The van der Waals surface area contributed by atoms with Crippen molar-refractivity contribution >= 4 is 23.4 Å². The SMILES string of the molecule is CCn1ccnc(Sc2ccccc2Cl)c1=O. The van der Waals surface area contributed by atoms with Gasteiger partial charge in [0.1, 0.15) is 0 Å². The zero-order valence-corrected chi connectivity index (χ0v) is 10.8. The van der Waals surface area contributed by atoms with E-state index in [1.807, 2.05) is 25.1 Å². The maximum atomic E-state index is 12.0. The Kier molecular flexibility index (Phi) is 3.86. The van der Waals surface area contributed by atoms with Gasteiger partial charge in [-0.25, -0.2) is 4.98 Å². The van der Waals surface area contributed by atoms with Crippen LogP contribution in [0, 0.1) is 0 Å². The molecule has 5 heteroatoms. The second kappa shape index (κ2) is 5.38. The molecule has 1 aromatic heterocycles. The molecule has 88 valence electrons. The van der Waals surface area contributed by atoms with Gasteiger partial charge in [0.15, 0.2) is 5.03 Å². The lowest BCUT2D eigenvalue weighted by Gasteiger charge is -2.05. The van der Waals surface area contributed by atoms with Crippen LogP contribution in [0.25, 0.3) is 0 Å². The average Bonchev–Trinajstić information content (AvgIpc) is 2.34. The minimum atomic E-state index is -0.0834. The molecule has 0 aliphatic carbocycles. The van der Waals surface area contributed by atoms with E-state index < -0.39 is 0 Å². The summed E-state index contributed by atoms with van der Waals surface area (Å²) in [7, 11) is 0. The molecule has 0 unspecified atom stereocenters. The zero-order chi connectivity index (χ0) is 12.3. The maximum absolute atomic E-state index is 12.0. The van der Waals surface area contributed by atoms with Crippen molar-refractivity contribution in [2.24, 2.45) is 0 Å². The highest BCUT2D eigenvalue weighted by Gasteiger charge is 2.08. The zero-order valence-electron chi connectivity index (χ0n) is 9.26. The average molecular weight is 267 g/mol. The van der Waals surface area contributed by atoms with Crippen molar-refractivity contribution in [3.8, 4) is 0 Å². The van der Waals surface area contributed by atoms with Crippen molar-refractivity contribution in [2.75, 3.05) is 0 Å². The summed E-state index contributed by atoms with van der Waals surface area (Å²) < 4.78 is 1.62. The van der Waals surface area contributed by atoms with Crippen LogP contribution in [0.15, 0.2) is 51.4 Å². The van der Waals surface area contributed by atoms with Crippen LogP contribution in [-0.2, 0) is 6.54 Å². The van der Waals surface area contributed by atoms with Gasteiger partial charge in [-0.2, -0.15) is 0 Å². The third-order valence-electron chi connectivity index (χ3n) is 2.27. The Hall–Kier alpha value is -1.26. The first-order valence-corrected chi connectivity index (χ1v) is 6.39. The Labute approximate surface area is 108 Å². The number of rotatable bonds is 3.